The Morgan fingerprint density at radius 3 is 2.53 bits per heavy atom. The average molecular weight is 215 g/mol. The summed E-state index contributed by atoms with van der Waals surface area (Å²) in [5.41, 5.74) is 0. The number of rotatable bonds is 5. The fraction of sp³-hybridized carbons (Fsp3) is 0.909. The molecule has 88 valence electrons. The fourth-order valence-electron chi connectivity index (χ4n) is 1.84. The quantitative estimate of drug-likeness (QED) is 0.721. The van der Waals surface area contributed by atoms with Gasteiger partial charge in [0.15, 0.2) is 6.10 Å². The number of aliphatic carboxylic acids is 1. The highest BCUT2D eigenvalue weighted by Gasteiger charge is 2.24. The summed E-state index contributed by atoms with van der Waals surface area (Å²) in [7, 11) is 0. The van der Waals surface area contributed by atoms with Gasteiger partial charge in [0.25, 0.3) is 0 Å². The summed E-state index contributed by atoms with van der Waals surface area (Å²) in [6, 6.07) is 0. The number of nitrogens with one attached hydrogen (secondary N) is 1. The van der Waals surface area contributed by atoms with Gasteiger partial charge in [-0.1, -0.05) is 13.8 Å². The molecule has 0 amide bonds. The van der Waals surface area contributed by atoms with E-state index in [0.29, 0.717) is 12.5 Å². The van der Waals surface area contributed by atoms with Crippen LogP contribution in [-0.4, -0.2) is 36.9 Å². The molecule has 0 aromatic carbocycles. The van der Waals surface area contributed by atoms with Crippen LogP contribution in [0.15, 0.2) is 0 Å². The molecule has 2 N–H and O–H groups in total. The van der Waals surface area contributed by atoms with Crippen LogP contribution in [0.4, 0.5) is 0 Å². The van der Waals surface area contributed by atoms with Crippen LogP contribution in [0.1, 0.15) is 26.7 Å². The summed E-state index contributed by atoms with van der Waals surface area (Å²) in [6.07, 6.45) is 1.52. The van der Waals surface area contributed by atoms with Crippen molar-refractivity contribution < 1.29 is 14.6 Å². The first-order valence-corrected chi connectivity index (χ1v) is 5.66. The molecule has 0 aliphatic carbocycles. The van der Waals surface area contributed by atoms with E-state index in [-0.39, 0.29) is 5.92 Å². The second-order valence-electron chi connectivity index (χ2n) is 4.53. The Bertz CT molecular complexity index is 200. The Hall–Kier alpha value is -0.610. The second-order valence-corrected chi connectivity index (χ2v) is 4.53. The lowest BCUT2D eigenvalue weighted by atomic mass is 9.99. The molecule has 1 unspecified atom stereocenters. The standard InChI is InChI=1S/C11H21NO3/c1-8(2)10(11(13)14)15-7-9-3-5-12-6-4-9/h8-10,12H,3-7H2,1-2H3,(H,13,14). The maximum absolute atomic E-state index is 10.9. The zero-order valence-electron chi connectivity index (χ0n) is 9.53. The average Bonchev–Trinajstić information content (AvgIpc) is 2.18. The third-order valence-electron chi connectivity index (χ3n) is 2.82. The van der Waals surface area contributed by atoms with Gasteiger partial charge in [-0.05, 0) is 37.8 Å². The van der Waals surface area contributed by atoms with Crippen LogP contribution in [0.25, 0.3) is 0 Å². The zero-order chi connectivity index (χ0) is 11.3. The topological polar surface area (TPSA) is 58.6 Å². The molecule has 0 aromatic heterocycles. The van der Waals surface area contributed by atoms with E-state index in [4.69, 9.17) is 9.84 Å². The third kappa shape index (κ3) is 4.18. The van der Waals surface area contributed by atoms with Gasteiger partial charge in [-0.25, -0.2) is 4.79 Å². The van der Waals surface area contributed by atoms with E-state index in [9.17, 15) is 4.79 Å². The maximum Gasteiger partial charge on any atom is 0.333 e. The van der Waals surface area contributed by atoms with Crippen molar-refractivity contribution >= 4 is 5.97 Å². The van der Waals surface area contributed by atoms with Crippen molar-refractivity contribution in [1.29, 1.82) is 0 Å². The van der Waals surface area contributed by atoms with Crippen molar-refractivity contribution in [1.82, 2.24) is 5.32 Å². The highest BCUT2D eigenvalue weighted by Crippen LogP contribution is 2.15. The molecule has 0 aromatic rings. The Kier molecular flexibility index (Phi) is 5.05. The normalized spacial score (nSPS) is 20.5. The molecule has 1 fully saturated rings. The smallest absolute Gasteiger partial charge is 0.333 e. The van der Waals surface area contributed by atoms with E-state index in [1.807, 2.05) is 13.8 Å². The third-order valence-corrected chi connectivity index (χ3v) is 2.82. The molecular formula is C11H21NO3. The number of hydrogen-bond acceptors (Lipinski definition) is 3. The van der Waals surface area contributed by atoms with E-state index in [0.717, 1.165) is 25.9 Å². The van der Waals surface area contributed by atoms with E-state index in [2.05, 4.69) is 5.32 Å². The molecule has 0 bridgehead atoms. The number of ether oxygens (including phenoxy) is 1. The van der Waals surface area contributed by atoms with Crippen LogP contribution >= 0.6 is 0 Å². The lowest BCUT2D eigenvalue weighted by Crippen LogP contribution is -2.34. The van der Waals surface area contributed by atoms with Gasteiger partial charge in [-0.3, -0.25) is 0 Å². The van der Waals surface area contributed by atoms with Gasteiger partial charge < -0.3 is 15.2 Å². The molecule has 4 nitrogen and oxygen atoms in total. The second kappa shape index (κ2) is 6.08. The van der Waals surface area contributed by atoms with Gasteiger partial charge in [0.2, 0.25) is 0 Å². The minimum Gasteiger partial charge on any atom is -0.479 e. The molecular weight excluding hydrogens is 194 g/mol. The van der Waals surface area contributed by atoms with Crippen LogP contribution in [0, 0.1) is 11.8 Å². The van der Waals surface area contributed by atoms with Crippen molar-refractivity contribution in [2.45, 2.75) is 32.8 Å². The minimum absolute atomic E-state index is 0.0317. The monoisotopic (exact) mass is 215 g/mol. The number of piperidine rings is 1. The highest BCUT2D eigenvalue weighted by atomic mass is 16.5. The molecule has 0 saturated carbocycles. The zero-order valence-corrected chi connectivity index (χ0v) is 9.53. The lowest BCUT2D eigenvalue weighted by Gasteiger charge is -2.25. The van der Waals surface area contributed by atoms with Crippen molar-refractivity contribution in [2.75, 3.05) is 19.7 Å². The summed E-state index contributed by atoms with van der Waals surface area (Å²) in [5, 5.41) is 12.2. The van der Waals surface area contributed by atoms with Gasteiger partial charge >= 0.3 is 5.97 Å². The van der Waals surface area contributed by atoms with Crippen molar-refractivity contribution in [3.63, 3.8) is 0 Å². The molecule has 1 aliphatic rings. The summed E-state index contributed by atoms with van der Waals surface area (Å²) >= 11 is 0. The van der Waals surface area contributed by atoms with Gasteiger partial charge in [0, 0.05) is 0 Å². The van der Waals surface area contributed by atoms with Crippen molar-refractivity contribution in [3.05, 3.63) is 0 Å². The number of hydrogen-bond donors (Lipinski definition) is 2. The SMILES string of the molecule is CC(C)C(OCC1CCNCC1)C(=O)O. The Balaban J connectivity index is 2.29. The van der Waals surface area contributed by atoms with Crippen molar-refractivity contribution in [3.8, 4) is 0 Å². The predicted octanol–water partition coefficient (Wildman–Crippen LogP) is 1.11. The molecule has 15 heavy (non-hydrogen) atoms. The lowest BCUT2D eigenvalue weighted by molar-refractivity contribution is -0.154. The van der Waals surface area contributed by atoms with E-state index in [1.54, 1.807) is 0 Å². The first-order valence-electron chi connectivity index (χ1n) is 5.66. The first kappa shape index (κ1) is 12.5. The molecule has 0 spiro atoms. The molecule has 4 heteroatoms. The Labute approximate surface area is 91.0 Å². The van der Waals surface area contributed by atoms with Gasteiger partial charge in [-0.15, -0.1) is 0 Å². The first-order chi connectivity index (χ1) is 7.11. The number of carbonyl (C=O) groups is 1. The van der Waals surface area contributed by atoms with Crippen LogP contribution in [0.2, 0.25) is 0 Å². The molecule has 1 atom stereocenters. The highest BCUT2D eigenvalue weighted by molar-refractivity contribution is 5.72. The van der Waals surface area contributed by atoms with Gasteiger partial charge in [0.05, 0.1) is 6.61 Å². The predicted molar refractivity (Wildman–Crippen MR) is 57.8 cm³/mol. The number of carboxylic acids is 1. The molecule has 1 aliphatic heterocycles. The number of carboxylic acid groups (broad SMARTS) is 1. The molecule has 1 heterocycles. The van der Waals surface area contributed by atoms with Gasteiger partial charge in [-0.2, -0.15) is 0 Å². The fourth-order valence-corrected chi connectivity index (χ4v) is 1.84. The van der Waals surface area contributed by atoms with Crippen LogP contribution in [0.5, 0.6) is 0 Å². The van der Waals surface area contributed by atoms with E-state index >= 15 is 0 Å². The van der Waals surface area contributed by atoms with Crippen LogP contribution in [-0.2, 0) is 9.53 Å². The van der Waals surface area contributed by atoms with E-state index in [1.165, 1.54) is 0 Å². The summed E-state index contributed by atoms with van der Waals surface area (Å²) < 4.78 is 5.48. The van der Waals surface area contributed by atoms with Crippen LogP contribution < -0.4 is 5.32 Å². The minimum atomic E-state index is -0.848. The van der Waals surface area contributed by atoms with Crippen LogP contribution in [0.3, 0.4) is 0 Å². The Morgan fingerprint density at radius 1 is 1.47 bits per heavy atom. The molecule has 1 rings (SSSR count). The summed E-state index contributed by atoms with van der Waals surface area (Å²) in [4.78, 5) is 10.9. The summed E-state index contributed by atoms with van der Waals surface area (Å²) in [5.74, 6) is -0.296. The van der Waals surface area contributed by atoms with Gasteiger partial charge in [0.1, 0.15) is 0 Å². The molecule has 0 radical (unpaired) electrons. The summed E-state index contributed by atoms with van der Waals surface area (Å²) in [6.45, 7) is 6.38. The van der Waals surface area contributed by atoms with Crippen molar-refractivity contribution in [2.24, 2.45) is 11.8 Å². The molecule has 1 saturated heterocycles. The Morgan fingerprint density at radius 2 is 2.07 bits per heavy atom. The maximum atomic E-state index is 10.9. The largest absolute Gasteiger partial charge is 0.479 e. The van der Waals surface area contributed by atoms with E-state index < -0.39 is 12.1 Å².